The molecule has 0 aliphatic carbocycles. The van der Waals surface area contributed by atoms with Gasteiger partial charge in [-0.25, -0.2) is 9.97 Å². The van der Waals surface area contributed by atoms with Crippen LogP contribution in [0.5, 0.6) is 0 Å². The van der Waals surface area contributed by atoms with Gasteiger partial charge in [-0.2, -0.15) is 0 Å². The summed E-state index contributed by atoms with van der Waals surface area (Å²) in [7, 11) is 0. The highest BCUT2D eigenvalue weighted by Gasteiger charge is 2.17. The summed E-state index contributed by atoms with van der Waals surface area (Å²) in [5, 5.41) is 16.0. The molecule has 3 aromatic rings. The van der Waals surface area contributed by atoms with Crippen LogP contribution in [-0.2, 0) is 0 Å². The zero-order valence-corrected chi connectivity index (χ0v) is 14.7. The number of thiophene rings is 1. The van der Waals surface area contributed by atoms with Gasteiger partial charge in [-0.05, 0) is 28.5 Å². The van der Waals surface area contributed by atoms with Gasteiger partial charge < -0.3 is 5.32 Å². The van der Waals surface area contributed by atoms with Gasteiger partial charge in [0, 0.05) is 4.88 Å². The van der Waals surface area contributed by atoms with Crippen molar-refractivity contribution in [1.29, 1.82) is 0 Å². The largest absolute Gasteiger partial charge is 0.342 e. The number of nitro groups is 1. The van der Waals surface area contributed by atoms with Crippen molar-refractivity contribution in [2.45, 2.75) is 25.8 Å². The minimum atomic E-state index is -0.509. The Morgan fingerprint density at radius 2 is 1.72 bits per heavy atom. The van der Waals surface area contributed by atoms with Crippen molar-refractivity contribution in [3.8, 4) is 0 Å². The molecule has 1 atom stereocenters. The molecule has 3 rings (SSSR count). The third kappa shape index (κ3) is 4.00. The van der Waals surface area contributed by atoms with E-state index in [0.29, 0.717) is 11.9 Å². The molecule has 0 saturated carbocycles. The van der Waals surface area contributed by atoms with Crippen LogP contribution in [0.2, 0.25) is 0 Å². The lowest BCUT2D eigenvalue weighted by Gasteiger charge is -2.18. The minimum absolute atomic E-state index is 0.109. The third-order valence-electron chi connectivity index (χ3n) is 3.89. The van der Waals surface area contributed by atoms with Crippen molar-refractivity contribution in [2.75, 3.05) is 5.32 Å². The molecule has 0 amide bonds. The van der Waals surface area contributed by atoms with E-state index in [4.69, 9.17) is 0 Å². The van der Waals surface area contributed by atoms with E-state index in [0.717, 1.165) is 10.4 Å². The Morgan fingerprint density at radius 3 is 2.24 bits per heavy atom. The Labute approximate surface area is 149 Å². The van der Waals surface area contributed by atoms with Crippen molar-refractivity contribution < 1.29 is 4.92 Å². The minimum Gasteiger partial charge on any atom is -0.342 e. The molecular weight excluding hydrogens is 336 g/mol. The van der Waals surface area contributed by atoms with E-state index in [-0.39, 0.29) is 11.7 Å². The second-order valence-corrected chi connectivity index (χ2v) is 6.92. The SMILES string of the molecule is CC(C)c1ccc(C(Nc2ncc([N+](=O)[O-])cn2)c2cccs2)cc1. The predicted molar refractivity (Wildman–Crippen MR) is 99.0 cm³/mol. The van der Waals surface area contributed by atoms with Crippen LogP contribution in [0, 0.1) is 10.1 Å². The smallest absolute Gasteiger partial charge is 0.305 e. The van der Waals surface area contributed by atoms with Gasteiger partial charge >= 0.3 is 5.69 Å². The van der Waals surface area contributed by atoms with Gasteiger partial charge in [0.25, 0.3) is 0 Å². The van der Waals surface area contributed by atoms with E-state index in [9.17, 15) is 10.1 Å². The molecule has 1 unspecified atom stereocenters. The number of benzene rings is 1. The third-order valence-corrected chi connectivity index (χ3v) is 4.82. The summed E-state index contributed by atoms with van der Waals surface area (Å²) in [5.74, 6) is 0.831. The molecule has 0 bridgehead atoms. The molecule has 0 spiro atoms. The number of nitrogens with one attached hydrogen (secondary N) is 1. The van der Waals surface area contributed by atoms with E-state index >= 15 is 0 Å². The van der Waals surface area contributed by atoms with Crippen LogP contribution in [0.1, 0.15) is 41.8 Å². The zero-order chi connectivity index (χ0) is 17.8. The molecule has 1 N–H and O–H groups in total. The van der Waals surface area contributed by atoms with Crippen LogP contribution in [0.4, 0.5) is 11.6 Å². The van der Waals surface area contributed by atoms with Crippen molar-refractivity contribution in [1.82, 2.24) is 9.97 Å². The lowest BCUT2D eigenvalue weighted by atomic mass is 9.98. The van der Waals surface area contributed by atoms with Gasteiger partial charge in [-0.1, -0.05) is 44.2 Å². The topological polar surface area (TPSA) is 81.0 Å². The zero-order valence-electron chi connectivity index (χ0n) is 13.9. The van der Waals surface area contributed by atoms with Gasteiger partial charge in [0.05, 0.1) is 11.0 Å². The summed E-state index contributed by atoms with van der Waals surface area (Å²) in [6.07, 6.45) is 2.42. The van der Waals surface area contributed by atoms with Crippen molar-refractivity contribution in [3.05, 3.63) is 80.3 Å². The van der Waals surface area contributed by atoms with Gasteiger partial charge in [-0.3, -0.25) is 10.1 Å². The van der Waals surface area contributed by atoms with E-state index in [1.54, 1.807) is 11.3 Å². The van der Waals surface area contributed by atoms with Crippen molar-refractivity contribution >= 4 is 23.0 Å². The quantitative estimate of drug-likeness (QED) is 0.509. The summed E-state index contributed by atoms with van der Waals surface area (Å²) in [6, 6.07) is 12.4. The molecule has 0 fully saturated rings. The van der Waals surface area contributed by atoms with Crippen LogP contribution in [0.25, 0.3) is 0 Å². The predicted octanol–water partition coefficient (Wildman–Crippen LogP) is 4.77. The summed E-state index contributed by atoms with van der Waals surface area (Å²) < 4.78 is 0. The average Bonchev–Trinajstić information content (AvgIpc) is 3.14. The number of hydrogen-bond acceptors (Lipinski definition) is 6. The maximum atomic E-state index is 10.7. The summed E-state index contributed by atoms with van der Waals surface area (Å²) in [5.41, 5.74) is 2.24. The standard InChI is InChI=1S/C18H18N4O2S/c1-12(2)13-5-7-14(8-6-13)17(16-4-3-9-25-16)21-18-19-10-15(11-20-18)22(23)24/h3-12,17H,1-2H3,(H,19,20,21). The number of anilines is 1. The molecule has 7 heteroatoms. The molecule has 2 aromatic heterocycles. The Morgan fingerprint density at radius 1 is 1.08 bits per heavy atom. The summed E-state index contributed by atoms with van der Waals surface area (Å²) in [4.78, 5) is 19.5. The highest BCUT2D eigenvalue weighted by atomic mass is 32.1. The fraction of sp³-hybridized carbons (Fsp3) is 0.222. The molecule has 25 heavy (non-hydrogen) atoms. The molecule has 1 aromatic carbocycles. The maximum Gasteiger partial charge on any atom is 0.305 e. The first-order valence-electron chi connectivity index (χ1n) is 7.91. The highest BCUT2D eigenvalue weighted by Crippen LogP contribution is 2.30. The number of aromatic nitrogens is 2. The van der Waals surface area contributed by atoms with Gasteiger partial charge in [0.1, 0.15) is 12.4 Å². The van der Waals surface area contributed by atoms with E-state index in [1.165, 1.54) is 18.0 Å². The molecule has 0 aliphatic heterocycles. The number of nitrogens with zero attached hydrogens (tertiary/aromatic N) is 3. The molecule has 0 radical (unpaired) electrons. The number of rotatable bonds is 6. The van der Waals surface area contributed by atoms with Gasteiger partial charge in [0.2, 0.25) is 5.95 Å². The Balaban J connectivity index is 1.89. The molecule has 0 aliphatic rings. The van der Waals surface area contributed by atoms with E-state index in [1.807, 2.05) is 17.5 Å². The van der Waals surface area contributed by atoms with Gasteiger partial charge in [-0.15, -0.1) is 11.3 Å². The second-order valence-electron chi connectivity index (χ2n) is 5.94. The molecule has 128 valence electrons. The van der Waals surface area contributed by atoms with Gasteiger partial charge in [0.15, 0.2) is 0 Å². The van der Waals surface area contributed by atoms with Crippen molar-refractivity contribution in [2.24, 2.45) is 0 Å². The van der Waals surface area contributed by atoms with E-state index in [2.05, 4.69) is 53.4 Å². The highest BCUT2D eigenvalue weighted by molar-refractivity contribution is 7.10. The lowest BCUT2D eigenvalue weighted by Crippen LogP contribution is -2.13. The first-order valence-corrected chi connectivity index (χ1v) is 8.79. The second kappa shape index (κ2) is 7.40. The normalized spacial score (nSPS) is 12.1. The van der Waals surface area contributed by atoms with Crippen LogP contribution in [0.3, 0.4) is 0 Å². The fourth-order valence-electron chi connectivity index (χ4n) is 2.47. The Hall–Kier alpha value is -2.80. The van der Waals surface area contributed by atoms with E-state index < -0.39 is 4.92 Å². The number of hydrogen-bond donors (Lipinski definition) is 1. The molecule has 0 saturated heterocycles. The monoisotopic (exact) mass is 354 g/mol. The molecular formula is C18H18N4O2S. The fourth-order valence-corrected chi connectivity index (χ4v) is 3.27. The molecule has 6 nitrogen and oxygen atoms in total. The van der Waals surface area contributed by atoms with Crippen LogP contribution in [0.15, 0.2) is 54.2 Å². The first kappa shape index (κ1) is 17.0. The molecule has 2 heterocycles. The average molecular weight is 354 g/mol. The van der Waals surface area contributed by atoms with Crippen LogP contribution >= 0.6 is 11.3 Å². The van der Waals surface area contributed by atoms with Crippen LogP contribution in [-0.4, -0.2) is 14.9 Å². The van der Waals surface area contributed by atoms with Crippen molar-refractivity contribution in [3.63, 3.8) is 0 Å². The van der Waals surface area contributed by atoms with Crippen LogP contribution < -0.4 is 5.32 Å². The summed E-state index contributed by atoms with van der Waals surface area (Å²) >= 11 is 1.64. The maximum absolute atomic E-state index is 10.7. The Kier molecular flexibility index (Phi) is 5.04. The Bertz CT molecular complexity index is 831. The summed E-state index contributed by atoms with van der Waals surface area (Å²) in [6.45, 7) is 4.32. The first-order chi connectivity index (χ1) is 12.0. The lowest BCUT2D eigenvalue weighted by molar-refractivity contribution is -0.385.